The quantitative estimate of drug-likeness (QED) is 0.107. The molecule has 0 amide bonds. The van der Waals surface area contributed by atoms with E-state index in [1.165, 1.54) is 63.3 Å². The molecule has 13 aromatic rings. The third-order valence-corrected chi connectivity index (χ3v) is 25.2. The zero-order valence-corrected chi connectivity index (χ0v) is 42.8. The number of fused-ring (bicyclic) bond motifs is 7. The van der Waals surface area contributed by atoms with E-state index in [-0.39, 0.29) is 0 Å². The van der Waals surface area contributed by atoms with E-state index in [1.807, 2.05) is 12.3 Å². The summed E-state index contributed by atoms with van der Waals surface area (Å²) in [7, 11) is -4.36. The molecule has 0 spiro atoms. The number of para-hydroxylation sites is 4. The summed E-state index contributed by atoms with van der Waals surface area (Å²) in [5, 5.41) is 13.0. The minimum absolute atomic E-state index is 0.873. The Morgan fingerprint density at radius 1 is 0.432 bits per heavy atom. The molecule has 0 bridgehead atoms. The number of anilines is 3. The number of pyridine rings is 1. The molecule has 0 unspecified atom stereocenters. The van der Waals surface area contributed by atoms with E-state index in [1.54, 1.807) is 0 Å². The molecule has 14 rings (SSSR count). The molecular weight excluding hydrogens is 931 g/mol. The maximum Gasteiger partial charge on any atom is 0.184 e. The standard InChI is InChI=1S/C67H49N5Si2/c1-70-59-39-20-18-37-57(59)69-67(70)48-24-23-35-54(46-48)73(50-27-9-3-10-28-50,51-29-11-4-12-30-51)55-41-44-63-62(47-55)72(64-40-21-22-45-68-64)61-43-42-60-65(56-36-17-19-38-58(56)71(60)49-25-7-2-8-26-49)66(61)74(63,52-31-13-5-14-32-52)53-33-15-6-16-34-53/h2-47H,1H3. The fourth-order valence-corrected chi connectivity index (χ4v) is 22.6. The molecule has 3 aromatic heterocycles. The first kappa shape index (κ1) is 43.6. The number of rotatable bonds is 9. The highest BCUT2D eigenvalue weighted by Gasteiger charge is 2.52. The number of benzene rings is 10. The number of aromatic nitrogens is 4. The zero-order valence-electron chi connectivity index (χ0n) is 40.8. The van der Waals surface area contributed by atoms with Crippen molar-refractivity contribution in [3.63, 3.8) is 0 Å². The van der Waals surface area contributed by atoms with Crippen LogP contribution in [0.5, 0.6) is 0 Å². The molecular formula is C67H49N5Si2. The molecule has 0 N–H and O–H groups in total. The van der Waals surface area contributed by atoms with Gasteiger partial charge in [0.25, 0.3) is 0 Å². The van der Waals surface area contributed by atoms with E-state index < -0.39 is 16.1 Å². The summed E-state index contributed by atoms with van der Waals surface area (Å²) < 4.78 is 4.70. The molecule has 1 aliphatic rings. The van der Waals surface area contributed by atoms with E-state index in [4.69, 9.17) is 9.97 Å². The molecule has 350 valence electrons. The summed E-state index contributed by atoms with van der Waals surface area (Å²) in [5.74, 6) is 1.82. The van der Waals surface area contributed by atoms with Crippen LogP contribution in [-0.4, -0.2) is 35.2 Å². The monoisotopic (exact) mass is 979 g/mol. The Balaban J connectivity index is 1.14. The van der Waals surface area contributed by atoms with Crippen molar-refractivity contribution in [2.24, 2.45) is 7.05 Å². The third kappa shape index (κ3) is 6.47. The number of imidazole rings is 1. The lowest BCUT2D eigenvalue weighted by atomic mass is 10.1. The summed E-state index contributed by atoms with van der Waals surface area (Å²) >= 11 is 0. The van der Waals surface area contributed by atoms with Gasteiger partial charge in [0.15, 0.2) is 16.1 Å². The smallest absolute Gasteiger partial charge is 0.184 e. The van der Waals surface area contributed by atoms with E-state index in [0.29, 0.717) is 0 Å². The molecule has 7 heteroatoms. The largest absolute Gasteiger partial charge is 0.327 e. The molecule has 0 saturated heterocycles. The number of nitrogens with zero attached hydrogens (tertiary/aromatic N) is 5. The Bertz CT molecular complexity index is 4120. The van der Waals surface area contributed by atoms with Crippen LogP contribution in [-0.2, 0) is 7.05 Å². The first-order valence-corrected chi connectivity index (χ1v) is 29.4. The molecule has 1 aliphatic heterocycles. The van der Waals surface area contributed by atoms with Gasteiger partial charge in [-0.1, -0.05) is 212 Å². The van der Waals surface area contributed by atoms with Crippen molar-refractivity contribution >= 4 is 108 Å². The number of aryl methyl sites for hydroxylation is 1. The van der Waals surface area contributed by atoms with Crippen LogP contribution in [0.1, 0.15) is 0 Å². The minimum atomic E-state index is -3.29. The molecule has 74 heavy (non-hydrogen) atoms. The van der Waals surface area contributed by atoms with Gasteiger partial charge in [-0.25, -0.2) is 9.97 Å². The zero-order chi connectivity index (χ0) is 49.2. The predicted octanol–water partition coefficient (Wildman–Crippen LogP) is 10.3. The third-order valence-electron chi connectivity index (χ3n) is 15.6. The van der Waals surface area contributed by atoms with Gasteiger partial charge >= 0.3 is 0 Å². The van der Waals surface area contributed by atoms with Crippen molar-refractivity contribution in [1.29, 1.82) is 0 Å². The maximum absolute atomic E-state index is 5.26. The maximum atomic E-state index is 5.26. The lowest BCUT2D eigenvalue weighted by Crippen LogP contribution is -2.78. The van der Waals surface area contributed by atoms with Gasteiger partial charge in [0.05, 0.1) is 22.1 Å². The van der Waals surface area contributed by atoms with Crippen LogP contribution >= 0.6 is 0 Å². The summed E-state index contributed by atoms with van der Waals surface area (Å²) in [5.41, 5.74) is 8.97. The fourth-order valence-electron chi connectivity index (χ4n) is 12.5. The van der Waals surface area contributed by atoms with Gasteiger partial charge in [-0.05, 0) is 102 Å². The SMILES string of the molecule is Cn1c(-c2cccc([Si](c3ccccc3)(c3ccccc3)c3ccc4c(c3)N(c3ccccn3)c3ccc5c(c3[Si]4(c3ccccc3)c3ccccc3)c3ccccc3n5-c3ccccc3)c2)nc2ccccc21. The van der Waals surface area contributed by atoms with Gasteiger partial charge < -0.3 is 9.13 Å². The number of hydrogen-bond donors (Lipinski definition) is 0. The van der Waals surface area contributed by atoms with E-state index >= 15 is 0 Å². The van der Waals surface area contributed by atoms with Crippen molar-refractivity contribution in [1.82, 2.24) is 19.1 Å². The molecule has 0 saturated carbocycles. The van der Waals surface area contributed by atoms with Gasteiger partial charge in [0, 0.05) is 46.6 Å². The second-order valence-electron chi connectivity index (χ2n) is 19.3. The van der Waals surface area contributed by atoms with E-state index in [2.05, 4.69) is 288 Å². The molecule has 0 fully saturated rings. The molecule has 10 aromatic carbocycles. The second-order valence-corrected chi connectivity index (χ2v) is 26.8. The fraction of sp³-hybridized carbons (Fsp3) is 0.0149. The van der Waals surface area contributed by atoms with Crippen molar-refractivity contribution < 1.29 is 0 Å². The van der Waals surface area contributed by atoms with Crippen LogP contribution in [0.3, 0.4) is 0 Å². The number of hydrogen-bond acceptors (Lipinski definition) is 3. The van der Waals surface area contributed by atoms with Gasteiger partial charge in [-0.3, -0.25) is 4.90 Å². The van der Waals surface area contributed by atoms with Crippen LogP contribution in [0.25, 0.3) is 49.9 Å². The molecule has 0 aliphatic carbocycles. The van der Waals surface area contributed by atoms with Gasteiger partial charge in [-0.2, -0.15) is 0 Å². The predicted molar refractivity (Wildman–Crippen MR) is 314 cm³/mol. The Morgan fingerprint density at radius 2 is 1.01 bits per heavy atom. The van der Waals surface area contributed by atoms with Crippen LogP contribution in [0.4, 0.5) is 17.2 Å². The highest BCUT2D eigenvalue weighted by molar-refractivity contribution is 7.23. The first-order chi connectivity index (χ1) is 36.7. The van der Waals surface area contributed by atoms with E-state index in [9.17, 15) is 0 Å². The lowest BCUT2D eigenvalue weighted by Gasteiger charge is -2.46. The lowest BCUT2D eigenvalue weighted by molar-refractivity contribution is 0.959. The minimum Gasteiger partial charge on any atom is -0.327 e. The second kappa shape index (κ2) is 17.6. The highest BCUT2D eigenvalue weighted by Crippen LogP contribution is 2.42. The van der Waals surface area contributed by atoms with Gasteiger partial charge in [0.1, 0.15) is 11.6 Å². The summed E-state index contributed by atoms with van der Waals surface area (Å²) in [6.07, 6.45) is 1.94. The normalized spacial score (nSPS) is 13.0. The first-order valence-electron chi connectivity index (χ1n) is 25.4. The summed E-state index contributed by atoms with van der Waals surface area (Å²) in [6, 6.07) is 102. The Morgan fingerprint density at radius 3 is 1.68 bits per heavy atom. The summed E-state index contributed by atoms with van der Waals surface area (Å²) in [6.45, 7) is 0. The van der Waals surface area contributed by atoms with Crippen molar-refractivity contribution in [3.8, 4) is 17.1 Å². The van der Waals surface area contributed by atoms with Crippen LogP contribution in [0.15, 0.2) is 279 Å². The van der Waals surface area contributed by atoms with Crippen LogP contribution < -0.4 is 46.4 Å². The molecule has 0 atom stereocenters. The molecule has 4 heterocycles. The van der Waals surface area contributed by atoms with Gasteiger partial charge in [-0.15, -0.1) is 0 Å². The van der Waals surface area contributed by atoms with Crippen LogP contribution in [0.2, 0.25) is 0 Å². The molecule has 5 nitrogen and oxygen atoms in total. The Hall–Kier alpha value is -9.15. The Kier molecular flexibility index (Phi) is 10.4. The Labute approximate surface area is 432 Å². The van der Waals surface area contributed by atoms with Crippen molar-refractivity contribution in [3.05, 3.63) is 279 Å². The van der Waals surface area contributed by atoms with Crippen LogP contribution in [0, 0.1) is 0 Å². The van der Waals surface area contributed by atoms with E-state index in [0.717, 1.165) is 45.3 Å². The average Bonchev–Trinajstić information content (AvgIpc) is 4.12. The van der Waals surface area contributed by atoms with Crippen molar-refractivity contribution in [2.75, 3.05) is 4.90 Å². The van der Waals surface area contributed by atoms with Crippen molar-refractivity contribution in [2.45, 2.75) is 0 Å². The molecule has 0 radical (unpaired) electrons. The highest BCUT2D eigenvalue weighted by atomic mass is 28.3. The topological polar surface area (TPSA) is 38.9 Å². The summed E-state index contributed by atoms with van der Waals surface area (Å²) in [4.78, 5) is 13.0. The average molecular weight is 980 g/mol. The van der Waals surface area contributed by atoms with Gasteiger partial charge in [0.2, 0.25) is 0 Å².